The third-order valence-electron chi connectivity index (χ3n) is 7.30. The fourth-order valence-corrected chi connectivity index (χ4v) is 5.16. The van der Waals surface area contributed by atoms with E-state index in [1.165, 1.54) is 0 Å². The first kappa shape index (κ1) is 26.8. The van der Waals surface area contributed by atoms with Crippen LogP contribution in [0.25, 0.3) is 22.2 Å². The molecule has 0 amide bonds. The lowest BCUT2D eigenvalue weighted by Crippen LogP contribution is -2.53. The number of fused-ring (bicyclic) bond motifs is 1. The van der Waals surface area contributed by atoms with Crippen LogP contribution in [0.2, 0.25) is 0 Å². The van der Waals surface area contributed by atoms with Crippen molar-refractivity contribution in [3.8, 4) is 17.1 Å². The Morgan fingerprint density at radius 3 is 2.72 bits per heavy atom. The maximum absolute atomic E-state index is 13.5. The summed E-state index contributed by atoms with van der Waals surface area (Å²) >= 11 is 0. The molecule has 11 heteroatoms. The predicted molar refractivity (Wildman–Crippen MR) is 151 cm³/mol. The van der Waals surface area contributed by atoms with Crippen LogP contribution in [-0.4, -0.2) is 100 Å². The summed E-state index contributed by atoms with van der Waals surface area (Å²) < 4.78 is 12.5. The van der Waals surface area contributed by atoms with Crippen molar-refractivity contribution in [3.63, 3.8) is 0 Å². The Hall–Kier alpha value is -3.80. The van der Waals surface area contributed by atoms with E-state index < -0.39 is 0 Å². The average Bonchev–Trinajstić information content (AvgIpc) is 3.52. The molecule has 4 aromatic rings. The number of hydrogen-bond acceptors (Lipinski definition) is 9. The molecule has 0 unspecified atom stereocenters. The molecule has 39 heavy (non-hydrogen) atoms. The third-order valence-corrected chi connectivity index (χ3v) is 7.30. The molecule has 11 nitrogen and oxygen atoms in total. The molecule has 1 fully saturated rings. The molecule has 0 saturated carbocycles. The van der Waals surface area contributed by atoms with E-state index in [0.29, 0.717) is 30.5 Å². The number of H-pyrrole nitrogens is 1. The van der Waals surface area contributed by atoms with Crippen LogP contribution in [0.3, 0.4) is 0 Å². The van der Waals surface area contributed by atoms with E-state index in [0.717, 1.165) is 59.5 Å². The number of carbonyl (C=O) groups is 1. The molecule has 3 aromatic heterocycles. The van der Waals surface area contributed by atoms with Crippen molar-refractivity contribution < 1.29 is 14.3 Å². The lowest BCUT2D eigenvalue weighted by molar-refractivity contribution is -0.126. The molecular formula is C28H36N8O3. The zero-order valence-corrected chi connectivity index (χ0v) is 23.2. The molecule has 5 rings (SSSR count). The number of methoxy groups -OCH3 is 2. The van der Waals surface area contributed by atoms with Crippen LogP contribution in [0.4, 0.5) is 11.6 Å². The first-order chi connectivity index (χ1) is 18.9. The number of hydrogen-bond donors (Lipinski definition) is 2. The van der Waals surface area contributed by atoms with Gasteiger partial charge in [-0.3, -0.25) is 14.4 Å². The predicted octanol–water partition coefficient (Wildman–Crippen LogP) is 2.79. The molecule has 206 valence electrons. The van der Waals surface area contributed by atoms with Crippen LogP contribution in [0.1, 0.15) is 11.1 Å². The van der Waals surface area contributed by atoms with Crippen LogP contribution in [-0.2, 0) is 23.0 Å². The highest BCUT2D eigenvalue weighted by atomic mass is 16.5. The number of likely N-dealkylation sites (N-methyl/N-ethyl adjacent to an activating group) is 1. The van der Waals surface area contributed by atoms with Gasteiger partial charge >= 0.3 is 0 Å². The van der Waals surface area contributed by atoms with Gasteiger partial charge < -0.3 is 24.7 Å². The Morgan fingerprint density at radius 2 is 1.97 bits per heavy atom. The van der Waals surface area contributed by atoms with Crippen LogP contribution in [0.15, 0.2) is 36.8 Å². The van der Waals surface area contributed by atoms with E-state index in [1.54, 1.807) is 25.1 Å². The number of ketones is 1. The zero-order valence-electron chi connectivity index (χ0n) is 23.2. The largest absolute Gasteiger partial charge is 0.478 e. The number of aromatic nitrogens is 5. The Bertz CT molecular complexity index is 1450. The summed E-state index contributed by atoms with van der Waals surface area (Å²) in [5.41, 5.74) is 5.28. The number of ether oxygens (including phenoxy) is 2. The van der Waals surface area contributed by atoms with Crippen LogP contribution >= 0.6 is 0 Å². The van der Waals surface area contributed by atoms with Crippen molar-refractivity contribution in [2.75, 3.05) is 59.4 Å². The summed E-state index contributed by atoms with van der Waals surface area (Å²) in [6, 6.07) is 5.82. The van der Waals surface area contributed by atoms with Crippen molar-refractivity contribution in [1.29, 1.82) is 0 Å². The second-order valence-corrected chi connectivity index (χ2v) is 10.1. The monoisotopic (exact) mass is 532 g/mol. The van der Waals surface area contributed by atoms with E-state index in [1.807, 2.05) is 38.5 Å². The number of aromatic amines is 1. The second-order valence-electron chi connectivity index (χ2n) is 10.1. The van der Waals surface area contributed by atoms with Crippen molar-refractivity contribution in [2.45, 2.75) is 19.4 Å². The number of benzene rings is 1. The van der Waals surface area contributed by atoms with Crippen molar-refractivity contribution >= 4 is 28.3 Å². The van der Waals surface area contributed by atoms with Gasteiger partial charge in [-0.2, -0.15) is 0 Å². The molecule has 0 spiro atoms. The van der Waals surface area contributed by atoms with Crippen molar-refractivity contribution in [1.82, 2.24) is 34.5 Å². The number of para-hydroxylation sites is 1. The summed E-state index contributed by atoms with van der Waals surface area (Å²) in [5.74, 6) is 1.07. The molecular weight excluding hydrogens is 496 g/mol. The van der Waals surface area contributed by atoms with Crippen LogP contribution in [0.5, 0.6) is 5.88 Å². The summed E-state index contributed by atoms with van der Waals surface area (Å²) in [5, 5.41) is 8.50. The topological polar surface area (TPSA) is 113 Å². The summed E-state index contributed by atoms with van der Waals surface area (Å²) in [4.78, 5) is 30.8. The van der Waals surface area contributed by atoms with Gasteiger partial charge in [-0.15, -0.1) is 5.10 Å². The minimum atomic E-state index is -0.254. The van der Waals surface area contributed by atoms with Crippen LogP contribution < -0.4 is 10.1 Å². The van der Waals surface area contributed by atoms with Gasteiger partial charge in [-0.1, -0.05) is 18.2 Å². The lowest BCUT2D eigenvalue weighted by Gasteiger charge is -2.37. The highest BCUT2D eigenvalue weighted by Gasteiger charge is 2.28. The molecule has 1 aliphatic heterocycles. The highest BCUT2D eigenvalue weighted by molar-refractivity contribution is 5.99. The Kier molecular flexibility index (Phi) is 7.92. The SMILES string of the molecule is COC[C@H](C(=O)Cc1cccc2c(-c3nc(Nc4cn(C)nc4OC)ncc3C)c[nH]c12)N1CCN(C)CC1. The summed E-state index contributed by atoms with van der Waals surface area (Å²) in [7, 11) is 7.17. The fourth-order valence-electron chi connectivity index (χ4n) is 5.16. The average molecular weight is 533 g/mol. The molecule has 0 radical (unpaired) electrons. The highest BCUT2D eigenvalue weighted by Crippen LogP contribution is 2.33. The van der Waals surface area contributed by atoms with E-state index >= 15 is 0 Å². The van der Waals surface area contributed by atoms with E-state index in [9.17, 15) is 4.79 Å². The van der Waals surface area contributed by atoms with Gasteiger partial charge in [-0.05, 0) is 25.1 Å². The second kappa shape index (κ2) is 11.5. The minimum absolute atomic E-state index is 0.167. The van der Waals surface area contributed by atoms with E-state index in [2.05, 4.69) is 43.3 Å². The number of rotatable bonds is 10. The minimum Gasteiger partial charge on any atom is -0.478 e. The number of nitrogens with one attached hydrogen (secondary N) is 2. The van der Waals surface area contributed by atoms with Crippen LogP contribution in [0, 0.1) is 6.92 Å². The summed E-state index contributed by atoms with van der Waals surface area (Å²) in [6.07, 6.45) is 5.89. The molecule has 0 bridgehead atoms. The van der Waals surface area contributed by atoms with Gasteiger partial charge in [0.05, 0.1) is 31.6 Å². The number of carbonyl (C=O) groups excluding carboxylic acids is 1. The number of nitrogens with zero attached hydrogens (tertiary/aromatic N) is 6. The first-order valence-electron chi connectivity index (χ1n) is 13.1. The van der Waals surface area contributed by atoms with Crippen molar-refractivity contribution in [2.24, 2.45) is 7.05 Å². The van der Waals surface area contributed by atoms with Crippen molar-refractivity contribution in [3.05, 3.63) is 47.9 Å². The standard InChI is InChI=1S/C28H36N8O3/c1-18-14-30-28(31-22-16-35(3)33-27(22)39-5)32-25(18)21-15-29-26-19(7-6-8-20(21)26)13-24(37)23(17-38-4)36-11-9-34(2)10-12-36/h6-8,14-16,23,29H,9-13,17H2,1-5H3,(H,30,31,32)/t23-/m1/s1. The first-order valence-corrected chi connectivity index (χ1v) is 13.1. The van der Waals surface area contributed by atoms with E-state index in [-0.39, 0.29) is 11.8 Å². The maximum Gasteiger partial charge on any atom is 0.256 e. The molecule has 2 N–H and O–H groups in total. The maximum atomic E-state index is 13.5. The molecule has 1 atom stereocenters. The lowest BCUT2D eigenvalue weighted by atomic mass is 9.99. The Morgan fingerprint density at radius 1 is 1.18 bits per heavy atom. The smallest absolute Gasteiger partial charge is 0.256 e. The number of Topliss-reactive ketones (excluding diaryl/α,β-unsaturated/α-hetero) is 1. The number of piperazine rings is 1. The molecule has 1 saturated heterocycles. The van der Waals surface area contributed by atoms with E-state index in [4.69, 9.17) is 14.5 Å². The number of aryl methyl sites for hydroxylation is 2. The fraction of sp³-hybridized carbons (Fsp3) is 0.429. The van der Waals surface area contributed by atoms with Gasteiger partial charge in [-0.25, -0.2) is 9.97 Å². The summed E-state index contributed by atoms with van der Waals surface area (Å²) in [6.45, 7) is 6.01. The third kappa shape index (κ3) is 5.65. The normalized spacial score (nSPS) is 15.5. The molecule has 1 aliphatic rings. The number of anilines is 2. The van der Waals surface area contributed by atoms with Gasteiger partial charge in [0, 0.05) is 75.6 Å². The van der Waals surface area contributed by atoms with Gasteiger partial charge in [0.25, 0.3) is 5.88 Å². The van der Waals surface area contributed by atoms with Gasteiger partial charge in [0.1, 0.15) is 5.69 Å². The van der Waals surface area contributed by atoms with Gasteiger partial charge in [0.2, 0.25) is 5.95 Å². The Labute approximate surface area is 228 Å². The molecule has 4 heterocycles. The Balaban J connectivity index is 1.42. The van der Waals surface area contributed by atoms with Gasteiger partial charge in [0.15, 0.2) is 5.78 Å². The zero-order chi connectivity index (χ0) is 27.5. The molecule has 1 aromatic carbocycles. The quantitative estimate of drug-likeness (QED) is 0.318. The molecule has 0 aliphatic carbocycles.